The lowest BCUT2D eigenvalue weighted by Gasteiger charge is -2.20. The van der Waals surface area contributed by atoms with Gasteiger partial charge in [-0.25, -0.2) is 0 Å². The Bertz CT molecular complexity index is 595. The predicted octanol–water partition coefficient (Wildman–Crippen LogP) is 2.01. The van der Waals surface area contributed by atoms with Gasteiger partial charge in [-0.15, -0.1) is 0 Å². The Hall–Kier alpha value is -2.08. The third kappa shape index (κ3) is 4.47. The van der Waals surface area contributed by atoms with E-state index in [1.54, 1.807) is 18.2 Å². The van der Waals surface area contributed by atoms with Gasteiger partial charge in [0.05, 0.1) is 5.69 Å². The van der Waals surface area contributed by atoms with Gasteiger partial charge in [-0.2, -0.15) is 0 Å². The van der Waals surface area contributed by atoms with Crippen molar-refractivity contribution < 1.29 is 14.3 Å². The van der Waals surface area contributed by atoms with Crippen LogP contribution in [0.3, 0.4) is 0 Å². The van der Waals surface area contributed by atoms with Gasteiger partial charge in [0.15, 0.2) is 6.61 Å². The fraction of sp³-hybridized carbons (Fsp3) is 0.556. The maximum absolute atomic E-state index is 12.2. The van der Waals surface area contributed by atoms with Crippen molar-refractivity contribution in [1.82, 2.24) is 10.2 Å². The van der Waals surface area contributed by atoms with Crippen LogP contribution < -0.4 is 15.4 Å². The van der Waals surface area contributed by atoms with Gasteiger partial charge < -0.3 is 20.3 Å². The molecule has 0 saturated carbocycles. The van der Waals surface area contributed by atoms with Gasteiger partial charge in [0.1, 0.15) is 5.75 Å². The molecule has 0 radical (unpaired) electrons. The van der Waals surface area contributed by atoms with Crippen LogP contribution in [0.1, 0.15) is 42.5 Å². The summed E-state index contributed by atoms with van der Waals surface area (Å²) >= 11 is 0. The van der Waals surface area contributed by atoms with Crippen molar-refractivity contribution in [3.63, 3.8) is 0 Å². The van der Waals surface area contributed by atoms with Crippen molar-refractivity contribution in [3.8, 4) is 5.75 Å². The van der Waals surface area contributed by atoms with Crippen molar-refractivity contribution >= 4 is 17.5 Å². The van der Waals surface area contributed by atoms with Crippen LogP contribution in [-0.4, -0.2) is 49.5 Å². The van der Waals surface area contributed by atoms with Gasteiger partial charge in [-0.1, -0.05) is 12.8 Å². The first-order valence-electron chi connectivity index (χ1n) is 8.79. The van der Waals surface area contributed by atoms with E-state index in [9.17, 15) is 9.59 Å². The molecule has 6 nitrogen and oxygen atoms in total. The third-order valence-corrected chi connectivity index (χ3v) is 4.51. The molecule has 2 aliphatic rings. The zero-order chi connectivity index (χ0) is 16.8. The van der Waals surface area contributed by atoms with Crippen LogP contribution in [0.25, 0.3) is 0 Å². The van der Waals surface area contributed by atoms with Crippen LogP contribution in [0.15, 0.2) is 18.2 Å². The van der Waals surface area contributed by atoms with Gasteiger partial charge in [0.25, 0.3) is 11.8 Å². The lowest BCUT2D eigenvalue weighted by atomic mass is 10.1. The zero-order valence-electron chi connectivity index (χ0n) is 14.0. The number of benzene rings is 1. The minimum Gasteiger partial charge on any atom is -0.482 e. The number of amides is 2. The quantitative estimate of drug-likeness (QED) is 0.810. The average molecular weight is 331 g/mol. The summed E-state index contributed by atoms with van der Waals surface area (Å²) in [5.74, 6) is 0.272. The smallest absolute Gasteiger partial charge is 0.262 e. The molecule has 1 aromatic carbocycles. The van der Waals surface area contributed by atoms with E-state index in [-0.39, 0.29) is 18.4 Å². The second-order valence-electron chi connectivity index (χ2n) is 6.41. The molecule has 2 N–H and O–H groups in total. The molecular weight excluding hydrogens is 306 g/mol. The minimum absolute atomic E-state index is 0.00604. The number of hydrogen-bond donors (Lipinski definition) is 2. The molecule has 0 atom stereocenters. The van der Waals surface area contributed by atoms with Crippen molar-refractivity contribution in [2.45, 2.75) is 32.1 Å². The highest BCUT2D eigenvalue weighted by Crippen LogP contribution is 2.28. The normalized spacial score (nSPS) is 18.1. The Morgan fingerprint density at radius 1 is 1.21 bits per heavy atom. The summed E-state index contributed by atoms with van der Waals surface area (Å²) in [6.45, 7) is 4.07. The van der Waals surface area contributed by atoms with Gasteiger partial charge in [0, 0.05) is 12.1 Å². The van der Waals surface area contributed by atoms with E-state index in [4.69, 9.17) is 4.74 Å². The summed E-state index contributed by atoms with van der Waals surface area (Å²) in [5.41, 5.74) is 1.17. The second-order valence-corrected chi connectivity index (χ2v) is 6.41. The number of nitrogens with zero attached hydrogens (tertiary/aromatic N) is 1. The molecule has 1 saturated heterocycles. The first kappa shape index (κ1) is 16.8. The largest absolute Gasteiger partial charge is 0.482 e. The van der Waals surface area contributed by atoms with E-state index in [1.165, 1.54) is 38.8 Å². The number of carbonyl (C=O) groups is 2. The first-order chi connectivity index (χ1) is 11.7. The van der Waals surface area contributed by atoms with Crippen molar-refractivity contribution in [1.29, 1.82) is 0 Å². The zero-order valence-corrected chi connectivity index (χ0v) is 14.0. The van der Waals surface area contributed by atoms with Gasteiger partial charge in [-0.3, -0.25) is 9.59 Å². The van der Waals surface area contributed by atoms with E-state index in [0.717, 1.165) is 13.0 Å². The summed E-state index contributed by atoms with van der Waals surface area (Å²) in [6, 6.07) is 5.09. The minimum atomic E-state index is -0.173. The predicted molar refractivity (Wildman–Crippen MR) is 92.4 cm³/mol. The van der Waals surface area contributed by atoms with Gasteiger partial charge in [-0.05, 0) is 57.1 Å². The molecule has 2 amide bonds. The fourth-order valence-electron chi connectivity index (χ4n) is 3.18. The summed E-state index contributed by atoms with van der Waals surface area (Å²) in [5, 5.41) is 5.68. The molecule has 1 aromatic rings. The average Bonchev–Trinajstić information content (AvgIpc) is 2.87. The summed E-state index contributed by atoms with van der Waals surface area (Å²) in [7, 11) is 0. The molecule has 0 spiro atoms. The Labute approximate surface area is 142 Å². The number of ether oxygens (including phenoxy) is 1. The molecule has 6 heteroatoms. The number of anilines is 1. The van der Waals surface area contributed by atoms with E-state index in [0.29, 0.717) is 23.5 Å². The molecule has 0 unspecified atom stereocenters. The Morgan fingerprint density at radius 2 is 2.00 bits per heavy atom. The lowest BCUT2D eigenvalue weighted by Crippen LogP contribution is -2.31. The highest BCUT2D eigenvalue weighted by molar-refractivity contribution is 5.98. The van der Waals surface area contributed by atoms with E-state index < -0.39 is 0 Å². The molecule has 0 aliphatic carbocycles. The molecule has 2 heterocycles. The van der Waals surface area contributed by atoms with Crippen molar-refractivity contribution in [2.24, 2.45) is 0 Å². The van der Waals surface area contributed by atoms with Crippen molar-refractivity contribution in [3.05, 3.63) is 23.8 Å². The third-order valence-electron chi connectivity index (χ3n) is 4.51. The maximum atomic E-state index is 12.2. The summed E-state index contributed by atoms with van der Waals surface area (Å²) < 4.78 is 5.34. The van der Waals surface area contributed by atoms with Crippen LogP contribution >= 0.6 is 0 Å². The van der Waals surface area contributed by atoms with Gasteiger partial charge in [0.2, 0.25) is 0 Å². The number of rotatable bonds is 5. The molecule has 130 valence electrons. The standard InChI is InChI=1S/C18H25N3O3/c22-17-13-24-16-12-14(6-7-15(16)20-17)18(23)19-8-5-11-21-9-3-1-2-4-10-21/h6-7,12H,1-5,8-11,13H2,(H,19,23)(H,20,22). The number of nitrogens with one attached hydrogen (secondary N) is 2. The van der Waals surface area contributed by atoms with E-state index >= 15 is 0 Å². The Morgan fingerprint density at radius 3 is 2.79 bits per heavy atom. The SMILES string of the molecule is O=C1COc2cc(C(=O)NCCCN3CCCCCC3)ccc2N1. The lowest BCUT2D eigenvalue weighted by molar-refractivity contribution is -0.118. The molecule has 2 aliphatic heterocycles. The topological polar surface area (TPSA) is 70.7 Å². The first-order valence-corrected chi connectivity index (χ1v) is 8.79. The van der Waals surface area contributed by atoms with Crippen LogP contribution in [0.5, 0.6) is 5.75 Å². The molecule has 0 aromatic heterocycles. The molecule has 0 bridgehead atoms. The number of likely N-dealkylation sites (tertiary alicyclic amines) is 1. The van der Waals surface area contributed by atoms with E-state index in [2.05, 4.69) is 15.5 Å². The van der Waals surface area contributed by atoms with Crippen LogP contribution in [0, 0.1) is 0 Å². The molecule has 24 heavy (non-hydrogen) atoms. The van der Waals surface area contributed by atoms with Crippen molar-refractivity contribution in [2.75, 3.05) is 38.1 Å². The van der Waals surface area contributed by atoms with Crippen LogP contribution in [0.4, 0.5) is 5.69 Å². The summed E-state index contributed by atoms with van der Waals surface area (Å²) in [4.78, 5) is 26.0. The van der Waals surface area contributed by atoms with Crippen LogP contribution in [0.2, 0.25) is 0 Å². The highest BCUT2D eigenvalue weighted by Gasteiger charge is 2.17. The Kier molecular flexibility index (Phi) is 5.69. The van der Waals surface area contributed by atoms with Crippen LogP contribution in [-0.2, 0) is 4.79 Å². The molecule has 3 rings (SSSR count). The highest BCUT2D eigenvalue weighted by atomic mass is 16.5. The maximum Gasteiger partial charge on any atom is 0.262 e. The number of fused-ring (bicyclic) bond motifs is 1. The number of hydrogen-bond acceptors (Lipinski definition) is 4. The monoisotopic (exact) mass is 331 g/mol. The summed E-state index contributed by atoms with van der Waals surface area (Å²) in [6.07, 6.45) is 6.22. The molecule has 1 fully saturated rings. The Balaban J connectivity index is 1.44. The second kappa shape index (κ2) is 8.15. The molecular formula is C18H25N3O3. The van der Waals surface area contributed by atoms with Gasteiger partial charge >= 0.3 is 0 Å². The number of carbonyl (C=O) groups excluding carboxylic acids is 2. The van der Waals surface area contributed by atoms with E-state index in [1.807, 2.05) is 0 Å². The fourth-order valence-corrected chi connectivity index (χ4v) is 3.18.